The van der Waals surface area contributed by atoms with Crippen LogP contribution in [0, 0.1) is 5.92 Å². The number of hydrogen-bond donors (Lipinski definition) is 3. The summed E-state index contributed by atoms with van der Waals surface area (Å²) in [6, 6.07) is -0.460. The minimum atomic E-state index is -1.46. The second kappa shape index (κ2) is 9.96. The van der Waals surface area contributed by atoms with E-state index in [0.717, 1.165) is 25.7 Å². The van der Waals surface area contributed by atoms with Gasteiger partial charge in [0.1, 0.15) is 23.7 Å². The van der Waals surface area contributed by atoms with E-state index in [0.29, 0.717) is 25.8 Å². The number of halogens is 2. The third-order valence-electron chi connectivity index (χ3n) is 6.39. The zero-order valence-electron chi connectivity index (χ0n) is 17.2. The second-order valence-corrected chi connectivity index (χ2v) is 8.67. The summed E-state index contributed by atoms with van der Waals surface area (Å²) in [5.74, 6) is -0.589. The fourth-order valence-electron chi connectivity index (χ4n) is 4.59. The number of rotatable bonds is 9. The molecule has 3 unspecified atom stereocenters. The van der Waals surface area contributed by atoms with Crippen LogP contribution >= 0.6 is 0 Å². The number of carbonyl (C=O) groups excluding carboxylic acids is 1. The predicted molar refractivity (Wildman–Crippen MR) is 106 cm³/mol. The lowest BCUT2D eigenvalue weighted by Crippen LogP contribution is -2.66. The van der Waals surface area contributed by atoms with Gasteiger partial charge in [-0.25, -0.2) is 4.39 Å². The highest BCUT2D eigenvalue weighted by Crippen LogP contribution is 2.46. The molecule has 0 aromatic rings. The first-order valence-electron chi connectivity index (χ1n) is 10.6. The fourth-order valence-corrected chi connectivity index (χ4v) is 4.59. The number of alkyl halides is 1. The number of hydrogen-bond acceptors (Lipinski definition) is 5. The van der Waals surface area contributed by atoms with Gasteiger partial charge in [-0.3, -0.25) is 4.79 Å². The van der Waals surface area contributed by atoms with Crippen LogP contribution in [0.1, 0.15) is 78.1 Å². The van der Waals surface area contributed by atoms with E-state index in [1.807, 2.05) is 0 Å². The monoisotopic (exact) mass is 402 g/mol. The Morgan fingerprint density at radius 2 is 2.00 bits per heavy atom. The molecule has 0 spiro atoms. The number of fused-ring (bicyclic) bond motifs is 1. The van der Waals surface area contributed by atoms with E-state index in [1.54, 1.807) is 0 Å². The Balaban J connectivity index is 1.98. The summed E-state index contributed by atoms with van der Waals surface area (Å²) in [5.41, 5.74) is 9.93. The molecule has 0 radical (unpaired) electrons. The quantitative estimate of drug-likeness (QED) is 0.312. The summed E-state index contributed by atoms with van der Waals surface area (Å²) in [7, 11) is 0. The van der Waals surface area contributed by atoms with Crippen molar-refractivity contribution in [2.24, 2.45) is 22.6 Å². The maximum atomic E-state index is 15.3. The summed E-state index contributed by atoms with van der Waals surface area (Å²) in [6.45, 7) is 4.61. The van der Waals surface area contributed by atoms with Crippen LogP contribution in [0.3, 0.4) is 0 Å². The fraction of sp³-hybridized carbons (Fsp3) is 0.900. The van der Waals surface area contributed by atoms with E-state index in [1.165, 1.54) is 0 Å². The SMILES string of the molecule is CCCC(CCC)OC(=O)C1CC2C[C@@](F)(CC/C(N)=N/F)CCC2(N)CN1. The molecule has 8 heteroatoms. The number of nitrogens with zero attached hydrogens (tertiary/aromatic N) is 1. The number of carbonyl (C=O) groups is 1. The average molecular weight is 403 g/mol. The summed E-state index contributed by atoms with van der Waals surface area (Å²) in [6.07, 6.45) is 5.29. The zero-order chi connectivity index (χ0) is 20.8. The van der Waals surface area contributed by atoms with Gasteiger partial charge in [-0.2, -0.15) is 0 Å². The predicted octanol–water partition coefficient (Wildman–Crippen LogP) is 3.09. The van der Waals surface area contributed by atoms with Gasteiger partial charge in [0, 0.05) is 18.5 Å². The Hall–Kier alpha value is -1.28. The third kappa shape index (κ3) is 5.86. The number of ether oxygens (including phenoxy) is 1. The molecular weight excluding hydrogens is 366 g/mol. The van der Waals surface area contributed by atoms with E-state index >= 15 is 4.39 Å². The van der Waals surface area contributed by atoms with Gasteiger partial charge in [0.2, 0.25) is 0 Å². The maximum absolute atomic E-state index is 15.3. The highest BCUT2D eigenvalue weighted by Gasteiger charge is 2.51. The standard InChI is InChI=1S/C20H36F2N4O2/c1-3-5-15(6-4-2)28-18(27)16-11-14-12-19(21,8-7-17(23)26-22)9-10-20(14,24)13-25-16/h14-16,25H,3-13,24H2,1-2H3,(H2,23,26)/t14?,16?,19-,20?/m1/s1. The first-order valence-corrected chi connectivity index (χ1v) is 10.6. The highest BCUT2D eigenvalue weighted by molar-refractivity contribution is 5.79. The van der Waals surface area contributed by atoms with Crippen LogP contribution in [0.15, 0.2) is 5.21 Å². The minimum absolute atomic E-state index is 0.0663. The van der Waals surface area contributed by atoms with Crippen molar-refractivity contribution in [1.29, 1.82) is 0 Å². The van der Waals surface area contributed by atoms with Crippen molar-refractivity contribution in [3.05, 3.63) is 0 Å². The number of esters is 1. The molecule has 5 N–H and O–H groups in total. The molecule has 0 aromatic heterocycles. The van der Waals surface area contributed by atoms with Gasteiger partial charge in [-0.15, -0.1) is 0 Å². The van der Waals surface area contributed by atoms with Gasteiger partial charge in [0.15, 0.2) is 0 Å². The van der Waals surface area contributed by atoms with Crippen LogP contribution in [-0.2, 0) is 9.53 Å². The van der Waals surface area contributed by atoms with Crippen LogP contribution in [0.2, 0.25) is 0 Å². The topological polar surface area (TPSA) is 103 Å². The molecule has 1 aliphatic carbocycles. The molecule has 1 heterocycles. The van der Waals surface area contributed by atoms with E-state index in [4.69, 9.17) is 16.2 Å². The van der Waals surface area contributed by atoms with Gasteiger partial charge >= 0.3 is 5.97 Å². The van der Waals surface area contributed by atoms with E-state index in [2.05, 4.69) is 24.4 Å². The summed E-state index contributed by atoms with van der Waals surface area (Å²) in [4.78, 5) is 12.7. The Morgan fingerprint density at radius 3 is 2.61 bits per heavy atom. The Morgan fingerprint density at radius 1 is 1.32 bits per heavy atom. The lowest BCUT2D eigenvalue weighted by molar-refractivity contribution is -0.154. The van der Waals surface area contributed by atoms with Crippen molar-refractivity contribution in [3.63, 3.8) is 0 Å². The largest absolute Gasteiger partial charge is 0.461 e. The molecular formula is C20H36F2N4O2. The summed E-state index contributed by atoms with van der Waals surface area (Å²) < 4.78 is 33.3. The number of piperidine rings is 1. The molecule has 2 aliphatic rings. The lowest BCUT2D eigenvalue weighted by atomic mass is 9.63. The average Bonchev–Trinajstić information content (AvgIpc) is 2.66. The third-order valence-corrected chi connectivity index (χ3v) is 6.39. The Kier molecular flexibility index (Phi) is 8.18. The molecule has 2 rings (SSSR count). The second-order valence-electron chi connectivity index (χ2n) is 8.67. The molecule has 1 aliphatic heterocycles. The molecule has 0 bridgehead atoms. The molecule has 6 nitrogen and oxygen atoms in total. The van der Waals surface area contributed by atoms with Crippen molar-refractivity contribution in [2.45, 2.75) is 101 Å². The van der Waals surface area contributed by atoms with Gasteiger partial charge in [0.05, 0.1) is 0 Å². The molecule has 1 saturated carbocycles. The summed E-state index contributed by atoms with van der Waals surface area (Å²) >= 11 is 0. The zero-order valence-corrected chi connectivity index (χ0v) is 17.2. The summed E-state index contributed by atoms with van der Waals surface area (Å²) in [5, 5.41) is 5.65. The maximum Gasteiger partial charge on any atom is 0.323 e. The smallest absolute Gasteiger partial charge is 0.323 e. The van der Waals surface area contributed by atoms with Crippen molar-refractivity contribution >= 4 is 11.8 Å². The minimum Gasteiger partial charge on any atom is -0.461 e. The molecule has 162 valence electrons. The molecule has 0 aromatic carbocycles. The van der Waals surface area contributed by atoms with E-state index in [-0.39, 0.29) is 43.1 Å². The van der Waals surface area contributed by atoms with E-state index in [9.17, 15) is 9.28 Å². The van der Waals surface area contributed by atoms with Crippen molar-refractivity contribution in [2.75, 3.05) is 6.54 Å². The van der Waals surface area contributed by atoms with Gasteiger partial charge < -0.3 is 21.5 Å². The first kappa shape index (κ1) is 23.0. The molecule has 4 atom stereocenters. The van der Waals surface area contributed by atoms with Crippen LogP contribution < -0.4 is 16.8 Å². The Bertz CT molecular complexity index is 556. The van der Waals surface area contributed by atoms with Crippen molar-refractivity contribution < 1.29 is 18.4 Å². The normalized spacial score (nSPS) is 33.6. The number of nitrogens with one attached hydrogen (secondary N) is 1. The lowest BCUT2D eigenvalue weighted by Gasteiger charge is -2.51. The highest BCUT2D eigenvalue weighted by atomic mass is 19.2. The van der Waals surface area contributed by atoms with E-state index < -0.39 is 17.2 Å². The number of amidine groups is 1. The van der Waals surface area contributed by atoms with Crippen molar-refractivity contribution in [3.8, 4) is 0 Å². The first-order chi connectivity index (χ1) is 13.2. The van der Waals surface area contributed by atoms with Gasteiger partial charge in [0.25, 0.3) is 0 Å². The Labute approximate surface area is 166 Å². The molecule has 1 saturated heterocycles. The van der Waals surface area contributed by atoms with Crippen LogP contribution in [-0.4, -0.2) is 41.7 Å². The molecule has 0 amide bonds. The van der Waals surface area contributed by atoms with Crippen LogP contribution in [0.25, 0.3) is 0 Å². The van der Waals surface area contributed by atoms with Gasteiger partial charge in [-0.05, 0) is 50.9 Å². The number of nitrogens with two attached hydrogens (primary N) is 2. The van der Waals surface area contributed by atoms with Gasteiger partial charge in [-0.1, -0.05) is 36.4 Å². The molecule has 28 heavy (non-hydrogen) atoms. The van der Waals surface area contributed by atoms with Crippen molar-refractivity contribution in [1.82, 2.24) is 5.32 Å². The molecule has 2 fully saturated rings. The van der Waals surface area contributed by atoms with Crippen LogP contribution in [0.5, 0.6) is 0 Å². The van der Waals surface area contributed by atoms with Crippen LogP contribution in [0.4, 0.5) is 8.87 Å².